The van der Waals surface area contributed by atoms with E-state index in [9.17, 15) is 10.1 Å². The predicted octanol–water partition coefficient (Wildman–Crippen LogP) is 5.00. The van der Waals surface area contributed by atoms with Crippen LogP contribution in [0.5, 0.6) is 0 Å². The van der Waals surface area contributed by atoms with Crippen molar-refractivity contribution in [2.24, 2.45) is 0 Å². The normalized spacial score (nSPS) is 17.3. The Bertz CT molecular complexity index is 1320. The second kappa shape index (κ2) is 9.35. The summed E-state index contributed by atoms with van der Waals surface area (Å²) in [5.41, 5.74) is 1.23. The van der Waals surface area contributed by atoms with Crippen molar-refractivity contribution in [3.8, 4) is 22.2 Å². The quantitative estimate of drug-likeness (QED) is 0.338. The molecular weight excluding hydrogens is 515 g/mol. The molecule has 1 saturated carbocycles. The third-order valence-corrected chi connectivity index (χ3v) is 8.71. The minimum atomic E-state index is -1.80. The van der Waals surface area contributed by atoms with Gasteiger partial charge < -0.3 is 5.32 Å². The molecule has 1 aliphatic carbocycles. The molecule has 0 spiro atoms. The number of carbonyl (C=O) groups is 1. The van der Waals surface area contributed by atoms with Gasteiger partial charge >= 0.3 is 0 Å². The van der Waals surface area contributed by atoms with Crippen LogP contribution in [0.2, 0.25) is 0 Å². The van der Waals surface area contributed by atoms with Crippen molar-refractivity contribution in [3.63, 3.8) is 0 Å². The Labute approximate surface area is 217 Å². The first-order valence-corrected chi connectivity index (χ1v) is 13.8. The number of carbonyl (C=O) groups excluding carboxylic acids is 1. The number of nitriles is 1. The fraction of sp³-hybridized carbons (Fsp3) is 0.375. The zero-order chi connectivity index (χ0) is 25.8. The lowest BCUT2D eigenvalue weighted by Crippen LogP contribution is -2.44. The van der Waals surface area contributed by atoms with Crippen LogP contribution >= 0.6 is 39.1 Å². The summed E-state index contributed by atoms with van der Waals surface area (Å²) in [6.45, 7) is 5.65. The lowest BCUT2D eigenvalue weighted by atomic mass is 9.78. The average molecular weight is 542 g/mol. The lowest BCUT2D eigenvalue weighted by Gasteiger charge is -2.42. The molecule has 1 amide bonds. The first kappa shape index (κ1) is 26.4. The van der Waals surface area contributed by atoms with E-state index in [1.54, 1.807) is 23.2 Å². The van der Waals surface area contributed by atoms with Gasteiger partial charge in [0.15, 0.2) is 0 Å². The number of aromatic nitrogens is 2. The van der Waals surface area contributed by atoms with Gasteiger partial charge in [0.05, 0.1) is 31.4 Å². The van der Waals surface area contributed by atoms with E-state index in [-0.39, 0.29) is 5.91 Å². The molecule has 0 saturated heterocycles. The maximum Gasteiger partial charge on any atom is 0.253 e. The van der Waals surface area contributed by atoms with Crippen molar-refractivity contribution < 1.29 is 9.18 Å². The monoisotopic (exact) mass is 542 g/mol. The predicted molar refractivity (Wildman–Crippen MR) is 151 cm³/mol. The number of halogens is 1. The van der Waals surface area contributed by atoms with Crippen LogP contribution in [0.3, 0.4) is 0 Å². The van der Waals surface area contributed by atoms with Gasteiger partial charge in [-0.3, -0.25) is 4.79 Å². The molecule has 2 radical (unpaired) electrons. The number of nitrogens with zero attached hydrogens (tertiary/aromatic N) is 3. The summed E-state index contributed by atoms with van der Waals surface area (Å²) in [6.07, 6.45) is 5.03. The highest BCUT2D eigenvalue weighted by molar-refractivity contribution is 7.40. The average Bonchev–Trinajstić information content (AvgIpc) is 3.15. The van der Waals surface area contributed by atoms with E-state index in [0.717, 1.165) is 27.3 Å². The molecule has 11 heteroatoms. The van der Waals surface area contributed by atoms with E-state index in [1.165, 1.54) is 11.3 Å². The van der Waals surface area contributed by atoms with Crippen LogP contribution in [-0.4, -0.2) is 39.5 Å². The van der Waals surface area contributed by atoms with Gasteiger partial charge in [-0.2, -0.15) is 10.4 Å². The fourth-order valence-corrected chi connectivity index (χ4v) is 6.77. The van der Waals surface area contributed by atoms with Gasteiger partial charge in [-0.1, -0.05) is 12.1 Å². The lowest BCUT2D eigenvalue weighted by molar-refractivity contribution is 0.0942. The summed E-state index contributed by atoms with van der Waals surface area (Å²) in [7, 11) is 13.5. The summed E-state index contributed by atoms with van der Waals surface area (Å²) in [6, 6.07) is 7.65. The number of thiophene rings is 1. The van der Waals surface area contributed by atoms with Crippen molar-refractivity contribution in [3.05, 3.63) is 58.2 Å². The summed E-state index contributed by atoms with van der Waals surface area (Å²) >= 11 is 1.45. The zero-order valence-corrected chi connectivity index (χ0v) is 24.1. The van der Waals surface area contributed by atoms with Crippen LogP contribution in [0.4, 0.5) is 4.39 Å². The number of alkyl halides is 1. The first-order valence-electron chi connectivity index (χ1n) is 11.1. The summed E-state index contributed by atoms with van der Waals surface area (Å²) in [5, 5.41) is 18.4. The third-order valence-electron chi connectivity index (χ3n) is 6.43. The van der Waals surface area contributed by atoms with Gasteiger partial charge in [0.2, 0.25) is 0 Å². The molecule has 1 aliphatic rings. The van der Waals surface area contributed by atoms with Crippen molar-refractivity contribution in [1.29, 1.82) is 5.26 Å². The Balaban J connectivity index is 1.63. The largest absolute Gasteiger partial charge is 0.334 e. The molecule has 0 bridgehead atoms. The van der Waals surface area contributed by atoms with E-state index in [2.05, 4.69) is 44.2 Å². The molecule has 35 heavy (non-hydrogen) atoms. The Morgan fingerprint density at radius 2 is 1.97 bits per heavy atom. The fourth-order valence-electron chi connectivity index (χ4n) is 4.25. The van der Waals surface area contributed by atoms with Crippen molar-refractivity contribution in [1.82, 2.24) is 15.1 Å². The van der Waals surface area contributed by atoms with E-state index in [4.69, 9.17) is 7.85 Å². The molecule has 1 fully saturated rings. The Morgan fingerprint density at radius 1 is 1.34 bits per heavy atom. The van der Waals surface area contributed by atoms with Gasteiger partial charge in [0, 0.05) is 26.9 Å². The van der Waals surface area contributed by atoms with E-state index in [1.807, 2.05) is 38.2 Å². The van der Waals surface area contributed by atoms with Crippen molar-refractivity contribution in [2.45, 2.75) is 55.3 Å². The maximum absolute atomic E-state index is 16.2. The number of aryl methyl sites for hydroxylation is 2. The Kier molecular flexibility index (Phi) is 7.06. The molecule has 2 heterocycles. The molecule has 5 nitrogen and oxygen atoms in total. The van der Waals surface area contributed by atoms with Crippen LogP contribution in [0.1, 0.15) is 46.8 Å². The van der Waals surface area contributed by atoms with Gasteiger partial charge in [-0.15, -0.1) is 39.1 Å². The van der Waals surface area contributed by atoms with E-state index in [0.29, 0.717) is 24.0 Å². The number of rotatable bonds is 7. The number of hydrogen-bond acceptors (Lipinski definition) is 4. The van der Waals surface area contributed by atoms with Gasteiger partial charge in [-0.25, -0.2) is 9.07 Å². The van der Waals surface area contributed by atoms with Crippen LogP contribution in [0.15, 0.2) is 36.0 Å². The third kappa shape index (κ3) is 4.86. The van der Waals surface area contributed by atoms with Crippen molar-refractivity contribution >= 4 is 52.8 Å². The Hall–Kier alpha value is -1.63. The highest BCUT2D eigenvalue weighted by atomic mass is 32.1. The Morgan fingerprint density at radius 3 is 2.49 bits per heavy atom. The molecule has 180 valence electrons. The number of hydrogen-bond donors (Lipinski definition) is 1. The molecule has 2 aromatic heterocycles. The molecule has 1 N–H and O–H groups in total. The number of benzene rings is 1. The van der Waals surface area contributed by atoms with E-state index >= 15 is 4.39 Å². The molecule has 5 atom stereocenters. The second-order valence-electron chi connectivity index (χ2n) is 9.50. The highest BCUT2D eigenvalue weighted by Crippen LogP contribution is 2.52. The SMILES string of the molecule is [B]C(P)C(F)(c1cc(C)c(-n2cc(-c3cc(C(=O)NC4(C#N)CC4)cs3)cn2)c(C)c1)C(C)(P)P. The molecule has 4 rings (SSSR count). The molecule has 3 aromatic rings. The van der Waals surface area contributed by atoms with Crippen LogP contribution < -0.4 is 5.32 Å². The molecular formula is C24H27BFN4OP3S. The standard InChI is InChI=1S/C24H27BFN4OP3S/c1-13-6-17(24(26,21(25)32)22(3,33)34)7-14(2)19(13)30-10-16(9-28-30)18-8-15(11-35-18)20(31)29-23(12-27)4-5-23/h6-11,21H,4-5,32-34H2,1-3H3,(H,29,31). The summed E-state index contributed by atoms with van der Waals surface area (Å²) in [4.78, 5) is 12.6. The number of amides is 1. The minimum Gasteiger partial charge on any atom is -0.334 e. The number of nitrogens with one attached hydrogen (secondary N) is 1. The van der Waals surface area contributed by atoms with Crippen LogP contribution in [-0.2, 0) is 5.67 Å². The van der Waals surface area contributed by atoms with Crippen LogP contribution in [0.25, 0.3) is 16.1 Å². The van der Waals surface area contributed by atoms with Crippen LogP contribution in [0, 0.1) is 25.2 Å². The minimum absolute atomic E-state index is 0.238. The maximum atomic E-state index is 16.2. The molecule has 0 aliphatic heterocycles. The van der Waals surface area contributed by atoms with Gasteiger partial charge in [0.1, 0.15) is 11.2 Å². The van der Waals surface area contributed by atoms with Crippen molar-refractivity contribution in [2.75, 3.05) is 0 Å². The van der Waals surface area contributed by atoms with Gasteiger partial charge in [-0.05, 0) is 61.9 Å². The second-order valence-corrected chi connectivity index (χ2v) is 14.2. The molecule has 5 unspecified atom stereocenters. The van der Waals surface area contributed by atoms with E-state index < -0.39 is 21.7 Å². The smallest absolute Gasteiger partial charge is 0.253 e. The first-order chi connectivity index (χ1) is 16.3. The summed E-state index contributed by atoms with van der Waals surface area (Å²) < 4.78 is 18.0. The van der Waals surface area contributed by atoms with Gasteiger partial charge in [0.25, 0.3) is 5.91 Å². The highest BCUT2D eigenvalue weighted by Gasteiger charge is 2.47. The molecule has 1 aromatic carbocycles. The summed E-state index contributed by atoms with van der Waals surface area (Å²) in [5.74, 6) is -0.238. The zero-order valence-electron chi connectivity index (χ0n) is 19.8. The topological polar surface area (TPSA) is 70.7 Å².